The Morgan fingerprint density at radius 1 is 1.16 bits per heavy atom. The number of H-pyrrole nitrogens is 1. The summed E-state index contributed by atoms with van der Waals surface area (Å²) in [5.41, 5.74) is 0.300. The lowest BCUT2D eigenvalue weighted by atomic mass is 10.0. The molecule has 130 valence electrons. The van der Waals surface area contributed by atoms with Crippen molar-refractivity contribution in [2.45, 2.75) is 24.4 Å². The average Bonchev–Trinajstić information content (AvgIpc) is 3.20. The second kappa shape index (κ2) is 6.05. The average molecular weight is 345 g/mol. The highest BCUT2D eigenvalue weighted by atomic mass is 16.6. The van der Waals surface area contributed by atoms with E-state index in [9.17, 15) is 20.1 Å². The Morgan fingerprint density at radius 2 is 1.96 bits per heavy atom. The first-order valence-corrected chi connectivity index (χ1v) is 7.66. The van der Waals surface area contributed by atoms with Crippen molar-refractivity contribution in [3.8, 4) is 11.3 Å². The summed E-state index contributed by atoms with van der Waals surface area (Å²) >= 11 is 0. The highest BCUT2D eigenvalue weighted by Crippen LogP contribution is 2.36. The minimum atomic E-state index is -1.31. The van der Waals surface area contributed by atoms with Gasteiger partial charge in [-0.2, -0.15) is 15.4 Å². The number of rotatable bonds is 3. The van der Waals surface area contributed by atoms with E-state index in [1.165, 1.54) is 0 Å². The molecule has 3 aromatic rings. The SMILES string of the molecule is O=c1oc2ccccc2cc1-c1n[nH]nc1C1O[C@H](CO)[C@@H](O)[C@H]1O. The van der Waals surface area contributed by atoms with Crippen molar-refractivity contribution in [1.82, 2.24) is 15.4 Å². The van der Waals surface area contributed by atoms with Crippen molar-refractivity contribution < 1.29 is 24.5 Å². The van der Waals surface area contributed by atoms with Crippen LogP contribution >= 0.6 is 0 Å². The third-order valence-electron chi connectivity index (χ3n) is 4.28. The molecule has 4 atom stereocenters. The Hall–Kier alpha value is -2.59. The van der Waals surface area contributed by atoms with Gasteiger partial charge in [0.1, 0.15) is 41.4 Å². The van der Waals surface area contributed by atoms with Crippen LogP contribution in [0.25, 0.3) is 22.2 Å². The smallest absolute Gasteiger partial charge is 0.345 e. The minimum Gasteiger partial charge on any atom is -0.422 e. The number of nitrogens with zero attached hydrogens (tertiary/aromatic N) is 2. The molecule has 4 N–H and O–H groups in total. The monoisotopic (exact) mass is 345 g/mol. The minimum absolute atomic E-state index is 0.153. The number of benzene rings is 1. The summed E-state index contributed by atoms with van der Waals surface area (Å²) in [6.45, 7) is -0.458. The van der Waals surface area contributed by atoms with E-state index < -0.39 is 36.6 Å². The second-order valence-corrected chi connectivity index (χ2v) is 5.80. The van der Waals surface area contributed by atoms with Gasteiger partial charge in [-0.1, -0.05) is 18.2 Å². The molecule has 1 aliphatic heterocycles. The van der Waals surface area contributed by atoms with Gasteiger partial charge < -0.3 is 24.5 Å². The van der Waals surface area contributed by atoms with Crippen LogP contribution in [-0.2, 0) is 4.74 Å². The van der Waals surface area contributed by atoms with Crippen molar-refractivity contribution in [2.75, 3.05) is 6.61 Å². The maximum Gasteiger partial charge on any atom is 0.345 e. The number of hydrogen-bond acceptors (Lipinski definition) is 8. The lowest BCUT2D eigenvalue weighted by Gasteiger charge is -2.13. The molecule has 1 saturated heterocycles. The number of ether oxygens (including phenoxy) is 1. The zero-order chi connectivity index (χ0) is 17.6. The van der Waals surface area contributed by atoms with Gasteiger partial charge in [0.05, 0.1) is 12.2 Å². The fourth-order valence-electron chi connectivity index (χ4n) is 2.99. The van der Waals surface area contributed by atoms with Gasteiger partial charge in [0.15, 0.2) is 0 Å². The van der Waals surface area contributed by atoms with Crippen LogP contribution in [0.3, 0.4) is 0 Å². The Kier molecular flexibility index (Phi) is 3.85. The molecule has 1 aliphatic rings. The van der Waals surface area contributed by atoms with Gasteiger partial charge >= 0.3 is 5.63 Å². The quantitative estimate of drug-likeness (QED) is 0.475. The van der Waals surface area contributed by atoms with Gasteiger partial charge in [0, 0.05) is 5.39 Å². The van der Waals surface area contributed by atoms with Gasteiger partial charge in [-0.3, -0.25) is 0 Å². The van der Waals surface area contributed by atoms with Crippen LogP contribution in [0.2, 0.25) is 0 Å². The molecule has 0 spiro atoms. The molecule has 1 unspecified atom stereocenters. The van der Waals surface area contributed by atoms with Crippen molar-refractivity contribution in [3.63, 3.8) is 0 Å². The number of aliphatic hydroxyl groups is 3. The van der Waals surface area contributed by atoms with E-state index in [-0.39, 0.29) is 17.0 Å². The fourth-order valence-corrected chi connectivity index (χ4v) is 2.99. The Labute approximate surface area is 140 Å². The predicted molar refractivity (Wildman–Crippen MR) is 84.6 cm³/mol. The third kappa shape index (κ3) is 2.53. The van der Waals surface area contributed by atoms with E-state index in [4.69, 9.17) is 9.15 Å². The van der Waals surface area contributed by atoms with Crippen LogP contribution in [0.15, 0.2) is 39.5 Å². The van der Waals surface area contributed by atoms with E-state index in [1.807, 2.05) is 6.07 Å². The number of fused-ring (bicyclic) bond motifs is 1. The summed E-state index contributed by atoms with van der Waals surface area (Å²) in [6, 6.07) is 8.64. The molecule has 1 fully saturated rings. The molecule has 0 amide bonds. The topological polar surface area (TPSA) is 142 Å². The molecule has 3 heterocycles. The predicted octanol–water partition coefficient (Wildman–Crippen LogP) is -0.268. The molecule has 1 aromatic carbocycles. The summed E-state index contributed by atoms with van der Waals surface area (Å²) < 4.78 is 10.8. The van der Waals surface area contributed by atoms with Crippen molar-refractivity contribution >= 4 is 11.0 Å². The molecule has 0 radical (unpaired) electrons. The Balaban J connectivity index is 1.81. The first kappa shape index (κ1) is 15.9. The molecule has 4 rings (SSSR count). The van der Waals surface area contributed by atoms with Crippen molar-refractivity contribution in [2.24, 2.45) is 0 Å². The van der Waals surface area contributed by atoms with Crippen LogP contribution < -0.4 is 5.63 Å². The van der Waals surface area contributed by atoms with Crippen LogP contribution in [0.4, 0.5) is 0 Å². The molecule has 9 heteroatoms. The van der Waals surface area contributed by atoms with E-state index >= 15 is 0 Å². The summed E-state index contributed by atoms with van der Waals surface area (Å²) in [5.74, 6) is 0. The second-order valence-electron chi connectivity index (χ2n) is 5.80. The van der Waals surface area contributed by atoms with Crippen molar-refractivity contribution in [1.29, 1.82) is 0 Å². The lowest BCUT2D eigenvalue weighted by Crippen LogP contribution is -2.32. The molecular weight excluding hydrogens is 330 g/mol. The van der Waals surface area contributed by atoms with E-state index in [1.54, 1.807) is 24.3 Å². The maximum atomic E-state index is 12.3. The Morgan fingerprint density at radius 3 is 2.72 bits per heavy atom. The number of aromatic nitrogens is 3. The van der Waals surface area contributed by atoms with Crippen LogP contribution in [-0.4, -0.2) is 55.6 Å². The number of aliphatic hydroxyl groups excluding tert-OH is 3. The molecule has 25 heavy (non-hydrogen) atoms. The normalized spacial score (nSPS) is 26.4. The van der Waals surface area contributed by atoms with Gasteiger partial charge in [-0.05, 0) is 12.1 Å². The third-order valence-corrected chi connectivity index (χ3v) is 4.28. The van der Waals surface area contributed by atoms with E-state index in [0.717, 1.165) is 0 Å². The van der Waals surface area contributed by atoms with Gasteiger partial charge in [0.25, 0.3) is 0 Å². The first-order valence-electron chi connectivity index (χ1n) is 7.66. The zero-order valence-corrected chi connectivity index (χ0v) is 12.9. The highest BCUT2D eigenvalue weighted by Gasteiger charge is 2.45. The zero-order valence-electron chi connectivity index (χ0n) is 12.9. The lowest BCUT2D eigenvalue weighted by molar-refractivity contribution is -0.0238. The van der Waals surface area contributed by atoms with Gasteiger partial charge in [-0.15, -0.1) is 0 Å². The van der Waals surface area contributed by atoms with Crippen LogP contribution in [0.5, 0.6) is 0 Å². The number of nitrogens with one attached hydrogen (secondary N) is 1. The van der Waals surface area contributed by atoms with E-state index in [2.05, 4.69) is 15.4 Å². The molecule has 0 bridgehead atoms. The van der Waals surface area contributed by atoms with Crippen molar-refractivity contribution in [3.05, 3.63) is 46.4 Å². The molecule has 2 aromatic heterocycles. The number of aromatic amines is 1. The fraction of sp³-hybridized carbons (Fsp3) is 0.312. The van der Waals surface area contributed by atoms with Gasteiger partial charge in [-0.25, -0.2) is 4.79 Å². The number of para-hydroxylation sites is 1. The summed E-state index contributed by atoms with van der Waals surface area (Å²) in [5, 5.41) is 40.3. The summed E-state index contributed by atoms with van der Waals surface area (Å²) in [6.07, 6.45) is -4.56. The molecule has 9 nitrogen and oxygen atoms in total. The van der Waals surface area contributed by atoms with Gasteiger partial charge in [0.2, 0.25) is 0 Å². The molecule has 0 saturated carbocycles. The summed E-state index contributed by atoms with van der Waals surface area (Å²) in [7, 11) is 0. The Bertz CT molecular complexity index is 968. The van der Waals surface area contributed by atoms with Crippen LogP contribution in [0.1, 0.15) is 11.8 Å². The largest absolute Gasteiger partial charge is 0.422 e. The maximum absolute atomic E-state index is 12.3. The standard InChI is InChI=1S/C16H15N3O6/c20-6-10-13(21)14(22)15(24-10)12-11(17-19-18-12)8-5-7-3-1-2-4-9(7)25-16(8)23/h1-5,10,13-15,20-22H,6H2,(H,17,18,19)/t10-,13-,14-,15?/m1/s1. The molecule has 0 aliphatic carbocycles. The first-order chi connectivity index (χ1) is 12.1. The highest BCUT2D eigenvalue weighted by molar-refractivity contribution is 5.81. The van der Waals surface area contributed by atoms with Crippen LogP contribution in [0, 0.1) is 0 Å². The summed E-state index contributed by atoms with van der Waals surface area (Å²) in [4.78, 5) is 12.3. The van der Waals surface area contributed by atoms with E-state index in [0.29, 0.717) is 11.0 Å². The number of hydrogen-bond donors (Lipinski definition) is 4. The molecular formula is C16H15N3O6.